The van der Waals surface area contributed by atoms with Crippen LogP contribution < -0.4 is 10.2 Å². The standard InChI is InChI=1S/C31H36N6O3/c1-31(2,3)26(38)19-36-25-15-8-7-14-24(25)28(21-10-5-4-6-11-21)35-37(30(36)40)20-27(39)34-23-13-9-12-22(18-23)29-32-16-17-33-29/h7-9,12-18,21H,4-6,10-11,19-20H2,1-3H3,(H,32,33)(H,34,39). The maximum Gasteiger partial charge on any atom is 0.345 e. The van der Waals surface area contributed by atoms with E-state index in [0.717, 1.165) is 42.5 Å². The van der Waals surface area contributed by atoms with Crippen LogP contribution in [0.5, 0.6) is 0 Å². The fraction of sp³-hybridized carbons (Fsp3) is 0.387. The number of Topliss-reactive ketones (excluding diaryl/α,β-unsaturated/α-hetero) is 1. The van der Waals surface area contributed by atoms with Gasteiger partial charge in [0, 0.05) is 40.5 Å². The number of rotatable bonds is 7. The lowest BCUT2D eigenvalue weighted by Gasteiger charge is -2.28. The molecule has 1 aliphatic heterocycles. The Balaban J connectivity index is 1.46. The average molecular weight is 541 g/mol. The monoisotopic (exact) mass is 540 g/mol. The van der Waals surface area contributed by atoms with Crippen molar-refractivity contribution in [3.8, 4) is 11.4 Å². The predicted molar refractivity (Wildman–Crippen MR) is 156 cm³/mol. The van der Waals surface area contributed by atoms with Crippen LogP contribution in [0.4, 0.5) is 16.2 Å². The largest absolute Gasteiger partial charge is 0.345 e. The van der Waals surface area contributed by atoms with Crippen LogP contribution in [0.1, 0.15) is 58.4 Å². The molecule has 0 saturated heterocycles. The number of amides is 3. The molecule has 2 aliphatic rings. The second kappa shape index (κ2) is 11.5. The third-order valence-corrected chi connectivity index (χ3v) is 7.49. The van der Waals surface area contributed by atoms with Crippen LogP contribution in [0.25, 0.3) is 11.4 Å². The smallest absolute Gasteiger partial charge is 0.345 e. The van der Waals surface area contributed by atoms with E-state index in [4.69, 9.17) is 5.10 Å². The Hall–Kier alpha value is -4.27. The number of hydrogen-bond acceptors (Lipinski definition) is 5. The zero-order valence-electron chi connectivity index (χ0n) is 23.3. The molecule has 1 fully saturated rings. The minimum Gasteiger partial charge on any atom is -0.345 e. The van der Waals surface area contributed by atoms with E-state index < -0.39 is 11.4 Å². The SMILES string of the molecule is CC(C)(C)C(=O)CN1C(=O)N(CC(=O)Nc2cccc(-c3ncc[nH]3)c2)N=C(C2CCCCC2)c2ccccc21. The number of aromatic amines is 1. The first-order valence-electron chi connectivity index (χ1n) is 13.9. The molecule has 1 saturated carbocycles. The number of hydrogen-bond donors (Lipinski definition) is 2. The van der Waals surface area contributed by atoms with E-state index in [1.807, 2.05) is 63.2 Å². The van der Waals surface area contributed by atoms with Gasteiger partial charge in [-0.15, -0.1) is 0 Å². The number of urea groups is 1. The molecule has 9 nitrogen and oxygen atoms in total. The lowest BCUT2D eigenvalue weighted by molar-refractivity contribution is -0.124. The lowest BCUT2D eigenvalue weighted by atomic mass is 9.83. The molecular weight excluding hydrogens is 504 g/mol. The molecule has 0 radical (unpaired) electrons. The number of benzene rings is 2. The summed E-state index contributed by atoms with van der Waals surface area (Å²) in [7, 11) is 0. The van der Waals surface area contributed by atoms with Gasteiger partial charge in [-0.2, -0.15) is 5.10 Å². The first kappa shape index (κ1) is 27.3. The zero-order valence-corrected chi connectivity index (χ0v) is 23.3. The minimum absolute atomic E-state index is 0.0732. The number of carbonyl (C=O) groups excluding carboxylic acids is 3. The van der Waals surface area contributed by atoms with Crippen molar-refractivity contribution in [2.45, 2.75) is 52.9 Å². The highest BCUT2D eigenvalue weighted by atomic mass is 16.2. The van der Waals surface area contributed by atoms with E-state index in [1.165, 1.54) is 16.3 Å². The van der Waals surface area contributed by atoms with E-state index in [1.54, 1.807) is 18.5 Å². The van der Waals surface area contributed by atoms with E-state index >= 15 is 0 Å². The van der Waals surface area contributed by atoms with Crippen molar-refractivity contribution in [3.63, 3.8) is 0 Å². The van der Waals surface area contributed by atoms with Gasteiger partial charge in [0.1, 0.15) is 12.4 Å². The van der Waals surface area contributed by atoms with Crippen molar-refractivity contribution in [1.82, 2.24) is 15.0 Å². The van der Waals surface area contributed by atoms with Crippen molar-refractivity contribution in [2.24, 2.45) is 16.4 Å². The maximum atomic E-state index is 14.0. The molecule has 1 aromatic heterocycles. The van der Waals surface area contributed by atoms with Crippen molar-refractivity contribution in [3.05, 3.63) is 66.5 Å². The minimum atomic E-state index is -0.629. The van der Waals surface area contributed by atoms with Gasteiger partial charge in [-0.1, -0.05) is 70.4 Å². The van der Waals surface area contributed by atoms with Gasteiger partial charge in [-0.25, -0.2) is 14.8 Å². The molecule has 0 bridgehead atoms. The predicted octanol–water partition coefficient (Wildman–Crippen LogP) is 5.86. The molecule has 0 atom stereocenters. The Morgan fingerprint density at radius 3 is 2.52 bits per heavy atom. The number of H-pyrrole nitrogens is 1. The number of imidazole rings is 1. The lowest BCUT2D eigenvalue weighted by Crippen LogP contribution is -2.47. The topological polar surface area (TPSA) is 111 Å². The van der Waals surface area contributed by atoms with E-state index in [9.17, 15) is 14.4 Å². The highest BCUT2D eigenvalue weighted by molar-refractivity contribution is 6.13. The van der Waals surface area contributed by atoms with Crippen molar-refractivity contribution in [2.75, 3.05) is 23.3 Å². The maximum absolute atomic E-state index is 14.0. The van der Waals surface area contributed by atoms with Crippen LogP contribution in [0.2, 0.25) is 0 Å². The Bertz CT molecular complexity index is 1420. The molecule has 40 heavy (non-hydrogen) atoms. The number of anilines is 2. The first-order chi connectivity index (χ1) is 19.2. The second-order valence-electron chi connectivity index (χ2n) is 11.5. The van der Waals surface area contributed by atoms with Gasteiger partial charge in [0.05, 0.1) is 17.9 Å². The second-order valence-corrected chi connectivity index (χ2v) is 11.5. The molecule has 2 N–H and O–H groups in total. The normalized spacial score (nSPS) is 16.3. The number of ketones is 1. The third-order valence-electron chi connectivity index (χ3n) is 7.49. The molecule has 3 aromatic rings. The van der Waals surface area contributed by atoms with E-state index in [-0.39, 0.29) is 30.7 Å². The van der Waals surface area contributed by atoms with Gasteiger partial charge in [0.2, 0.25) is 5.91 Å². The third kappa shape index (κ3) is 5.98. The summed E-state index contributed by atoms with van der Waals surface area (Å²) in [4.78, 5) is 49.2. The fourth-order valence-corrected chi connectivity index (χ4v) is 5.21. The first-order valence-corrected chi connectivity index (χ1v) is 13.9. The number of nitrogens with one attached hydrogen (secondary N) is 2. The van der Waals surface area contributed by atoms with Crippen LogP contribution in [-0.2, 0) is 9.59 Å². The zero-order chi connectivity index (χ0) is 28.3. The molecule has 2 heterocycles. The van der Waals surface area contributed by atoms with Gasteiger partial charge in [-0.3, -0.25) is 14.5 Å². The quantitative estimate of drug-likeness (QED) is 0.391. The number of para-hydroxylation sites is 1. The number of nitrogens with zero attached hydrogens (tertiary/aromatic N) is 4. The van der Waals surface area contributed by atoms with Crippen molar-refractivity contribution >= 4 is 34.8 Å². The highest BCUT2D eigenvalue weighted by Gasteiger charge is 2.36. The summed E-state index contributed by atoms with van der Waals surface area (Å²) in [6.07, 6.45) is 8.73. The van der Waals surface area contributed by atoms with Crippen LogP contribution >= 0.6 is 0 Å². The summed E-state index contributed by atoms with van der Waals surface area (Å²) in [5.41, 5.74) is 3.09. The molecule has 1 aliphatic carbocycles. The highest BCUT2D eigenvalue weighted by Crippen LogP contribution is 2.34. The molecule has 0 unspecified atom stereocenters. The summed E-state index contributed by atoms with van der Waals surface area (Å²) >= 11 is 0. The summed E-state index contributed by atoms with van der Waals surface area (Å²) in [6, 6.07) is 14.5. The number of hydrazone groups is 1. The Morgan fingerprint density at radius 2 is 1.80 bits per heavy atom. The van der Waals surface area contributed by atoms with Crippen LogP contribution in [0.15, 0.2) is 66.0 Å². The van der Waals surface area contributed by atoms with Crippen LogP contribution in [-0.4, -0.2) is 51.5 Å². The average Bonchev–Trinajstić information content (AvgIpc) is 3.46. The Labute approximate surface area is 234 Å². The summed E-state index contributed by atoms with van der Waals surface area (Å²) in [5.74, 6) is 0.412. The van der Waals surface area contributed by atoms with Crippen molar-refractivity contribution in [1.29, 1.82) is 0 Å². The molecule has 0 spiro atoms. The van der Waals surface area contributed by atoms with Gasteiger partial charge < -0.3 is 10.3 Å². The van der Waals surface area contributed by atoms with E-state index in [0.29, 0.717) is 17.2 Å². The summed E-state index contributed by atoms with van der Waals surface area (Å²) in [6.45, 7) is 5.14. The van der Waals surface area contributed by atoms with Gasteiger partial charge >= 0.3 is 6.03 Å². The van der Waals surface area contributed by atoms with Gasteiger partial charge in [-0.05, 0) is 31.0 Å². The fourth-order valence-electron chi connectivity index (χ4n) is 5.21. The van der Waals surface area contributed by atoms with Crippen LogP contribution in [0, 0.1) is 11.3 Å². The number of fused-ring (bicyclic) bond motifs is 1. The van der Waals surface area contributed by atoms with E-state index in [2.05, 4.69) is 15.3 Å². The molecular formula is C31H36N6O3. The summed E-state index contributed by atoms with van der Waals surface area (Å²) < 4.78 is 0. The Kier molecular flexibility index (Phi) is 7.82. The van der Waals surface area contributed by atoms with Gasteiger partial charge in [0.25, 0.3) is 0 Å². The molecule has 2 aromatic carbocycles. The van der Waals surface area contributed by atoms with Crippen LogP contribution in [0.3, 0.4) is 0 Å². The van der Waals surface area contributed by atoms with Gasteiger partial charge in [0.15, 0.2) is 5.78 Å². The molecule has 3 amide bonds. The number of aromatic nitrogens is 2. The Morgan fingerprint density at radius 1 is 1.02 bits per heavy atom. The van der Waals surface area contributed by atoms with Crippen molar-refractivity contribution < 1.29 is 14.4 Å². The molecule has 5 rings (SSSR count). The summed E-state index contributed by atoms with van der Waals surface area (Å²) in [5, 5.41) is 8.98. The molecule has 9 heteroatoms. The molecule has 208 valence electrons. The number of carbonyl (C=O) groups is 3.